The van der Waals surface area contributed by atoms with E-state index in [0.29, 0.717) is 17.5 Å². The molecule has 0 aliphatic heterocycles. The summed E-state index contributed by atoms with van der Waals surface area (Å²) in [7, 11) is 0. The lowest BCUT2D eigenvalue weighted by molar-refractivity contribution is 1.07. The first-order chi connectivity index (χ1) is 28.3. The summed E-state index contributed by atoms with van der Waals surface area (Å²) in [5.41, 5.74) is 15.2. The molecule has 12 rings (SSSR count). The molecule has 0 saturated carbocycles. The quantitative estimate of drug-likeness (QED) is 0.177. The van der Waals surface area contributed by atoms with Gasteiger partial charge in [0, 0.05) is 49.6 Å². The van der Waals surface area contributed by atoms with E-state index >= 15 is 0 Å². The SMILES string of the molecule is c1ccc(-c2nc(-c3ccccc3)nc(-c3ccc4c(c3)Cc3cc(-n5c6ccccc6c6c5ccc5c7ccccc7n(-c7ccccc7)c56)ccc3-4)n2)cc1. The molecule has 0 N–H and O–H groups in total. The van der Waals surface area contributed by atoms with Crippen molar-refractivity contribution in [3.8, 4) is 56.7 Å². The Morgan fingerprint density at radius 1 is 0.351 bits per heavy atom. The van der Waals surface area contributed by atoms with Gasteiger partial charge in [-0.1, -0.05) is 140 Å². The standard InChI is InChI=1S/C52H33N5/c1-4-14-33(15-5-1)50-53-51(34-16-6-2-7-17-34)55-52(54-50)35-24-26-40-36(30-35)31-37-32-39(25-27-41(37)40)56-46-23-13-11-21-44(46)48-47(56)29-28-43-42-20-10-12-22-45(42)57(49(43)48)38-18-8-3-9-19-38/h1-30,32H,31H2. The minimum absolute atomic E-state index is 0.667. The molecule has 8 aromatic carbocycles. The van der Waals surface area contributed by atoms with Crippen LogP contribution in [0.5, 0.6) is 0 Å². The van der Waals surface area contributed by atoms with Gasteiger partial charge in [-0.25, -0.2) is 15.0 Å². The number of fused-ring (bicyclic) bond motifs is 10. The third-order valence-corrected chi connectivity index (χ3v) is 11.6. The highest BCUT2D eigenvalue weighted by Crippen LogP contribution is 2.44. The van der Waals surface area contributed by atoms with Gasteiger partial charge in [0.25, 0.3) is 0 Å². The molecule has 0 radical (unpaired) electrons. The topological polar surface area (TPSA) is 48.5 Å². The van der Waals surface area contributed by atoms with Gasteiger partial charge in [-0.15, -0.1) is 0 Å². The Bertz CT molecular complexity index is 3300. The fraction of sp³-hybridized carbons (Fsp3) is 0.0192. The van der Waals surface area contributed by atoms with E-state index in [0.717, 1.165) is 34.5 Å². The van der Waals surface area contributed by atoms with Crippen LogP contribution in [0.2, 0.25) is 0 Å². The summed E-state index contributed by atoms with van der Waals surface area (Å²) in [4.78, 5) is 14.9. The van der Waals surface area contributed by atoms with Crippen LogP contribution in [0, 0.1) is 0 Å². The lowest BCUT2D eigenvalue weighted by Gasteiger charge is -2.11. The highest BCUT2D eigenvalue weighted by Gasteiger charge is 2.24. The van der Waals surface area contributed by atoms with Gasteiger partial charge in [0.15, 0.2) is 17.5 Å². The van der Waals surface area contributed by atoms with Crippen molar-refractivity contribution in [2.75, 3.05) is 0 Å². The van der Waals surface area contributed by atoms with Crippen LogP contribution in [0.15, 0.2) is 188 Å². The summed E-state index contributed by atoms with van der Waals surface area (Å²) in [6, 6.07) is 66.9. The number of aromatic nitrogens is 5. The molecule has 1 aliphatic rings. The highest BCUT2D eigenvalue weighted by molar-refractivity contribution is 6.26. The van der Waals surface area contributed by atoms with Crippen molar-refractivity contribution in [1.29, 1.82) is 0 Å². The summed E-state index contributed by atoms with van der Waals surface area (Å²) in [5.74, 6) is 2.01. The van der Waals surface area contributed by atoms with Crippen molar-refractivity contribution in [2.24, 2.45) is 0 Å². The first-order valence-corrected chi connectivity index (χ1v) is 19.4. The monoisotopic (exact) mass is 727 g/mol. The molecule has 3 heterocycles. The molecule has 5 nitrogen and oxygen atoms in total. The van der Waals surface area contributed by atoms with Crippen molar-refractivity contribution in [1.82, 2.24) is 24.1 Å². The van der Waals surface area contributed by atoms with Crippen LogP contribution in [0.3, 0.4) is 0 Å². The third-order valence-electron chi connectivity index (χ3n) is 11.6. The maximum atomic E-state index is 5.01. The second-order valence-electron chi connectivity index (χ2n) is 14.8. The van der Waals surface area contributed by atoms with Crippen LogP contribution in [0.25, 0.3) is 100 Å². The fourth-order valence-electron chi connectivity index (χ4n) is 9.04. The third kappa shape index (κ3) is 4.92. The minimum Gasteiger partial charge on any atom is -0.309 e. The largest absolute Gasteiger partial charge is 0.309 e. The molecule has 0 fully saturated rings. The predicted octanol–water partition coefficient (Wildman–Crippen LogP) is 12.6. The van der Waals surface area contributed by atoms with Crippen LogP contribution in [0.4, 0.5) is 0 Å². The molecule has 0 bridgehead atoms. The first-order valence-electron chi connectivity index (χ1n) is 19.4. The van der Waals surface area contributed by atoms with Gasteiger partial charge in [0.1, 0.15) is 0 Å². The summed E-state index contributed by atoms with van der Waals surface area (Å²) in [6.07, 6.45) is 0.831. The molecular weight excluding hydrogens is 695 g/mol. The van der Waals surface area contributed by atoms with Crippen LogP contribution in [-0.2, 0) is 6.42 Å². The van der Waals surface area contributed by atoms with Gasteiger partial charge >= 0.3 is 0 Å². The number of hydrogen-bond donors (Lipinski definition) is 0. The Morgan fingerprint density at radius 2 is 0.895 bits per heavy atom. The second kappa shape index (κ2) is 12.4. The number of hydrogen-bond acceptors (Lipinski definition) is 3. The maximum Gasteiger partial charge on any atom is 0.164 e. The Kier molecular flexibility index (Phi) is 6.92. The van der Waals surface area contributed by atoms with Gasteiger partial charge in [-0.2, -0.15) is 0 Å². The van der Waals surface area contributed by atoms with Gasteiger partial charge in [0.05, 0.1) is 22.1 Å². The minimum atomic E-state index is 0.667. The zero-order valence-electron chi connectivity index (χ0n) is 30.8. The number of para-hydroxylation sites is 3. The zero-order valence-corrected chi connectivity index (χ0v) is 30.8. The molecule has 5 heteroatoms. The van der Waals surface area contributed by atoms with Gasteiger partial charge in [0.2, 0.25) is 0 Å². The second-order valence-corrected chi connectivity index (χ2v) is 14.8. The Balaban J connectivity index is 0.991. The number of benzene rings is 8. The van der Waals surface area contributed by atoms with Gasteiger partial charge in [-0.3, -0.25) is 0 Å². The van der Waals surface area contributed by atoms with E-state index < -0.39 is 0 Å². The average Bonchev–Trinajstić information content (AvgIpc) is 3.94. The van der Waals surface area contributed by atoms with Crippen LogP contribution < -0.4 is 0 Å². The molecule has 57 heavy (non-hydrogen) atoms. The Hall–Kier alpha value is -7.63. The number of rotatable bonds is 5. The van der Waals surface area contributed by atoms with Crippen molar-refractivity contribution in [3.63, 3.8) is 0 Å². The highest BCUT2D eigenvalue weighted by atomic mass is 15.0. The molecule has 0 amide bonds. The summed E-state index contributed by atoms with van der Waals surface area (Å²) >= 11 is 0. The summed E-state index contributed by atoms with van der Waals surface area (Å²) in [6.45, 7) is 0. The molecule has 266 valence electrons. The Labute approximate surface area is 328 Å². The molecule has 0 atom stereocenters. The molecule has 0 unspecified atom stereocenters. The maximum absolute atomic E-state index is 5.01. The van der Waals surface area contributed by atoms with E-state index in [1.54, 1.807) is 0 Å². The van der Waals surface area contributed by atoms with Crippen molar-refractivity contribution < 1.29 is 0 Å². The fourth-order valence-corrected chi connectivity index (χ4v) is 9.04. The normalized spacial score (nSPS) is 12.1. The molecule has 0 spiro atoms. The molecule has 3 aromatic heterocycles. The van der Waals surface area contributed by atoms with Crippen molar-refractivity contribution >= 4 is 43.6 Å². The van der Waals surface area contributed by atoms with Gasteiger partial charge in [-0.05, 0) is 77.2 Å². The van der Waals surface area contributed by atoms with E-state index in [2.05, 4.69) is 137 Å². The molecule has 11 aromatic rings. The first kappa shape index (κ1) is 31.7. The van der Waals surface area contributed by atoms with Crippen LogP contribution in [-0.4, -0.2) is 24.1 Å². The van der Waals surface area contributed by atoms with Crippen molar-refractivity contribution in [3.05, 3.63) is 199 Å². The smallest absolute Gasteiger partial charge is 0.164 e. The molecule has 0 saturated heterocycles. The molecule has 1 aliphatic carbocycles. The summed E-state index contributed by atoms with van der Waals surface area (Å²) in [5, 5.41) is 5.02. The van der Waals surface area contributed by atoms with E-state index in [-0.39, 0.29) is 0 Å². The predicted molar refractivity (Wildman–Crippen MR) is 233 cm³/mol. The molecular formula is C52H33N5. The van der Waals surface area contributed by atoms with Crippen LogP contribution in [0.1, 0.15) is 11.1 Å². The lowest BCUT2D eigenvalue weighted by atomic mass is 10.0. The van der Waals surface area contributed by atoms with Crippen molar-refractivity contribution in [2.45, 2.75) is 6.42 Å². The van der Waals surface area contributed by atoms with E-state index in [9.17, 15) is 0 Å². The number of nitrogens with zero attached hydrogens (tertiary/aromatic N) is 5. The zero-order chi connectivity index (χ0) is 37.5. The van der Waals surface area contributed by atoms with Crippen LogP contribution >= 0.6 is 0 Å². The average molecular weight is 728 g/mol. The van der Waals surface area contributed by atoms with Gasteiger partial charge < -0.3 is 9.13 Å². The van der Waals surface area contributed by atoms with E-state index in [1.807, 2.05) is 60.7 Å². The lowest BCUT2D eigenvalue weighted by Crippen LogP contribution is -2.00. The van der Waals surface area contributed by atoms with E-state index in [4.69, 9.17) is 15.0 Å². The van der Waals surface area contributed by atoms with E-state index in [1.165, 1.54) is 65.9 Å². The Morgan fingerprint density at radius 3 is 1.58 bits per heavy atom. The summed E-state index contributed by atoms with van der Waals surface area (Å²) < 4.78 is 4.89.